The first-order chi connectivity index (χ1) is 10.4. The van der Waals surface area contributed by atoms with Gasteiger partial charge in [0.25, 0.3) is 0 Å². The van der Waals surface area contributed by atoms with Crippen molar-refractivity contribution in [2.75, 3.05) is 26.3 Å². The van der Waals surface area contributed by atoms with E-state index in [1.165, 1.54) is 0 Å². The van der Waals surface area contributed by atoms with E-state index in [0.717, 1.165) is 45.2 Å². The highest BCUT2D eigenvalue weighted by Gasteiger charge is 2.33. The number of nitrogens with zero attached hydrogens (tertiary/aromatic N) is 1. The summed E-state index contributed by atoms with van der Waals surface area (Å²) in [5.74, 6) is 0.923. The van der Waals surface area contributed by atoms with E-state index in [0.29, 0.717) is 19.1 Å². The molecule has 2 fully saturated rings. The molecule has 0 radical (unpaired) electrons. The molecular weight excluding hydrogens is 284 g/mol. The maximum atomic E-state index is 12.5. The number of ether oxygens (including phenoxy) is 2. The lowest BCUT2D eigenvalue weighted by Gasteiger charge is -2.36. The number of primary amides is 1. The van der Waals surface area contributed by atoms with Gasteiger partial charge in [-0.15, -0.1) is 0 Å². The smallest absolute Gasteiger partial charge is 0.405 e. The Morgan fingerprint density at radius 3 is 2.32 bits per heavy atom. The number of rotatable bonds is 4. The minimum Gasteiger partial charge on any atom is -0.444 e. The van der Waals surface area contributed by atoms with Gasteiger partial charge < -0.3 is 20.1 Å². The molecule has 1 aliphatic carbocycles. The summed E-state index contributed by atoms with van der Waals surface area (Å²) in [7, 11) is 0. The first-order valence-electron chi connectivity index (χ1n) is 8.22. The fourth-order valence-corrected chi connectivity index (χ4v) is 3.66. The molecule has 0 bridgehead atoms. The maximum Gasteiger partial charge on any atom is 0.405 e. The van der Waals surface area contributed by atoms with E-state index in [-0.39, 0.29) is 11.8 Å². The van der Waals surface area contributed by atoms with Gasteiger partial charge in [0.15, 0.2) is 0 Å². The minimum absolute atomic E-state index is 0.148. The van der Waals surface area contributed by atoms with E-state index in [1.807, 2.05) is 18.7 Å². The van der Waals surface area contributed by atoms with Gasteiger partial charge in [-0.1, -0.05) is 0 Å². The Kier molecular flexibility index (Phi) is 5.67. The lowest BCUT2D eigenvalue weighted by Crippen LogP contribution is -2.44. The molecule has 0 aromatic rings. The number of hydrogen-bond donors (Lipinski definition) is 1. The molecule has 1 aliphatic heterocycles. The van der Waals surface area contributed by atoms with E-state index < -0.39 is 11.7 Å². The summed E-state index contributed by atoms with van der Waals surface area (Å²) in [5.41, 5.74) is 4.58. The molecule has 2 N–H and O–H groups in total. The lowest BCUT2D eigenvalue weighted by atomic mass is 9.77. The van der Waals surface area contributed by atoms with E-state index >= 15 is 0 Å². The fraction of sp³-hybridized carbons (Fsp3) is 0.875. The molecule has 0 atom stereocenters. The standard InChI is InChI=1S/C16H28N2O4/c1-16(2,22-15(17)20)11-12-3-5-13(6-4-12)14(19)18-7-9-21-10-8-18/h12-13H,3-11H2,1-2H3,(H2,17,20). The quantitative estimate of drug-likeness (QED) is 0.859. The van der Waals surface area contributed by atoms with Crippen molar-refractivity contribution >= 4 is 12.0 Å². The molecular formula is C16H28N2O4. The lowest BCUT2D eigenvalue weighted by molar-refractivity contribution is -0.141. The van der Waals surface area contributed by atoms with Crippen molar-refractivity contribution in [2.24, 2.45) is 17.6 Å². The van der Waals surface area contributed by atoms with Gasteiger partial charge in [-0.05, 0) is 51.9 Å². The summed E-state index contributed by atoms with van der Waals surface area (Å²) in [6, 6.07) is 0. The Labute approximate surface area is 132 Å². The molecule has 2 amide bonds. The molecule has 1 saturated carbocycles. The Morgan fingerprint density at radius 1 is 1.18 bits per heavy atom. The van der Waals surface area contributed by atoms with Crippen LogP contribution in [0.4, 0.5) is 4.79 Å². The number of carbonyl (C=O) groups is 2. The summed E-state index contributed by atoms with van der Waals surface area (Å²) in [6.07, 6.45) is 3.94. The first kappa shape index (κ1) is 17.1. The van der Waals surface area contributed by atoms with Gasteiger partial charge in [0.05, 0.1) is 13.2 Å². The Morgan fingerprint density at radius 2 is 1.77 bits per heavy atom. The number of amides is 2. The van der Waals surface area contributed by atoms with Gasteiger partial charge in [-0.2, -0.15) is 0 Å². The molecule has 1 saturated heterocycles. The molecule has 6 nitrogen and oxygen atoms in total. The fourth-order valence-electron chi connectivity index (χ4n) is 3.66. The Balaban J connectivity index is 1.77. The van der Waals surface area contributed by atoms with Crippen molar-refractivity contribution in [3.63, 3.8) is 0 Å². The molecule has 0 aromatic heterocycles. The van der Waals surface area contributed by atoms with Crippen LogP contribution in [-0.2, 0) is 14.3 Å². The van der Waals surface area contributed by atoms with Crippen LogP contribution in [0.25, 0.3) is 0 Å². The summed E-state index contributed by atoms with van der Waals surface area (Å²) in [4.78, 5) is 25.3. The van der Waals surface area contributed by atoms with E-state index in [1.54, 1.807) is 0 Å². The monoisotopic (exact) mass is 312 g/mol. The highest BCUT2D eigenvalue weighted by atomic mass is 16.6. The number of carbonyl (C=O) groups excluding carboxylic acids is 2. The van der Waals surface area contributed by atoms with E-state index in [2.05, 4.69) is 0 Å². The average Bonchev–Trinajstić information content (AvgIpc) is 2.46. The molecule has 2 aliphatic rings. The average molecular weight is 312 g/mol. The molecule has 2 rings (SSSR count). The molecule has 0 unspecified atom stereocenters. The normalized spacial score (nSPS) is 26.5. The first-order valence-corrected chi connectivity index (χ1v) is 8.22. The zero-order valence-electron chi connectivity index (χ0n) is 13.7. The van der Waals surface area contributed by atoms with Crippen LogP contribution in [0, 0.1) is 11.8 Å². The second kappa shape index (κ2) is 7.31. The molecule has 0 spiro atoms. The predicted molar refractivity (Wildman–Crippen MR) is 82.2 cm³/mol. The molecule has 22 heavy (non-hydrogen) atoms. The molecule has 126 valence electrons. The van der Waals surface area contributed by atoms with Crippen molar-refractivity contribution in [3.8, 4) is 0 Å². The maximum absolute atomic E-state index is 12.5. The van der Waals surface area contributed by atoms with Crippen molar-refractivity contribution in [1.29, 1.82) is 0 Å². The second-order valence-electron chi connectivity index (χ2n) is 7.04. The molecule has 6 heteroatoms. The topological polar surface area (TPSA) is 81.9 Å². The summed E-state index contributed by atoms with van der Waals surface area (Å²) >= 11 is 0. The van der Waals surface area contributed by atoms with Crippen molar-refractivity contribution in [3.05, 3.63) is 0 Å². The van der Waals surface area contributed by atoms with Crippen LogP contribution in [0.3, 0.4) is 0 Å². The highest BCUT2D eigenvalue weighted by Crippen LogP contribution is 2.35. The van der Waals surface area contributed by atoms with E-state index in [9.17, 15) is 9.59 Å². The zero-order valence-corrected chi connectivity index (χ0v) is 13.7. The minimum atomic E-state index is -0.721. The Hall–Kier alpha value is -1.30. The summed E-state index contributed by atoms with van der Waals surface area (Å²) in [6.45, 7) is 6.53. The number of nitrogens with two attached hydrogens (primary N) is 1. The van der Waals surface area contributed by atoms with Gasteiger partial charge >= 0.3 is 6.09 Å². The molecule has 0 aromatic carbocycles. The predicted octanol–water partition coefficient (Wildman–Crippen LogP) is 1.92. The van der Waals surface area contributed by atoms with Crippen molar-refractivity contribution in [2.45, 2.75) is 51.6 Å². The SMILES string of the molecule is CC(C)(CC1CCC(C(=O)N2CCOCC2)CC1)OC(N)=O. The van der Waals surface area contributed by atoms with Gasteiger partial charge in [0.2, 0.25) is 5.91 Å². The zero-order chi connectivity index (χ0) is 16.2. The van der Waals surface area contributed by atoms with Crippen LogP contribution >= 0.6 is 0 Å². The van der Waals surface area contributed by atoms with Gasteiger partial charge in [0.1, 0.15) is 5.60 Å². The molecule has 1 heterocycles. The summed E-state index contributed by atoms with van der Waals surface area (Å²) < 4.78 is 10.5. The largest absolute Gasteiger partial charge is 0.444 e. The third-order valence-electron chi connectivity index (χ3n) is 4.68. The second-order valence-corrected chi connectivity index (χ2v) is 7.04. The van der Waals surface area contributed by atoms with Gasteiger partial charge in [0, 0.05) is 19.0 Å². The van der Waals surface area contributed by atoms with Crippen LogP contribution in [0.1, 0.15) is 46.0 Å². The van der Waals surface area contributed by atoms with E-state index in [4.69, 9.17) is 15.2 Å². The highest BCUT2D eigenvalue weighted by molar-refractivity contribution is 5.79. The van der Waals surface area contributed by atoms with Gasteiger partial charge in [-0.3, -0.25) is 4.79 Å². The van der Waals surface area contributed by atoms with Crippen LogP contribution in [-0.4, -0.2) is 48.8 Å². The van der Waals surface area contributed by atoms with Crippen molar-refractivity contribution in [1.82, 2.24) is 4.90 Å². The third kappa shape index (κ3) is 4.87. The van der Waals surface area contributed by atoms with Crippen LogP contribution < -0.4 is 5.73 Å². The van der Waals surface area contributed by atoms with Gasteiger partial charge in [-0.25, -0.2) is 4.79 Å². The Bertz CT molecular complexity index is 397. The van der Waals surface area contributed by atoms with Crippen LogP contribution in [0.5, 0.6) is 0 Å². The number of morpholine rings is 1. The third-order valence-corrected chi connectivity index (χ3v) is 4.68. The van der Waals surface area contributed by atoms with Crippen molar-refractivity contribution < 1.29 is 19.1 Å². The number of hydrogen-bond acceptors (Lipinski definition) is 4. The summed E-state index contributed by atoms with van der Waals surface area (Å²) in [5, 5.41) is 0. The van der Waals surface area contributed by atoms with Crippen LogP contribution in [0.2, 0.25) is 0 Å². The van der Waals surface area contributed by atoms with Crippen LogP contribution in [0.15, 0.2) is 0 Å².